The zero-order valence-electron chi connectivity index (χ0n) is 13.6. The van der Waals surface area contributed by atoms with E-state index < -0.39 is 11.6 Å². The van der Waals surface area contributed by atoms with Gasteiger partial charge in [0.1, 0.15) is 11.6 Å². The highest BCUT2D eigenvalue weighted by Gasteiger charge is 2.41. The number of carbonyl (C=O) groups is 1. The van der Waals surface area contributed by atoms with Gasteiger partial charge in [0.05, 0.1) is 0 Å². The number of amides is 2. The molecule has 0 aromatic heterocycles. The van der Waals surface area contributed by atoms with Gasteiger partial charge in [-0.05, 0) is 43.7 Å². The van der Waals surface area contributed by atoms with Crippen LogP contribution < -0.4 is 10.6 Å². The second-order valence-electron chi connectivity index (χ2n) is 7.27. The molecule has 1 heterocycles. The molecule has 2 aliphatic carbocycles. The monoisotopic (exact) mass is 335 g/mol. The van der Waals surface area contributed by atoms with E-state index in [2.05, 4.69) is 15.5 Å². The first kappa shape index (κ1) is 15.8. The molecule has 3 fully saturated rings. The van der Waals surface area contributed by atoms with Crippen LogP contribution in [0.25, 0.3) is 0 Å². The third-order valence-corrected chi connectivity index (χ3v) is 5.40. The molecule has 3 aliphatic rings. The molecule has 130 valence electrons. The SMILES string of the molecule is O=C(NC1CCN(C2CC2)CC1)NC1CC1c1ccc(F)cc1F. The third kappa shape index (κ3) is 3.53. The van der Waals surface area contributed by atoms with E-state index in [1.54, 1.807) is 0 Å². The number of likely N-dealkylation sites (tertiary alicyclic amines) is 1. The van der Waals surface area contributed by atoms with E-state index in [0.29, 0.717) is 12.0 Å². The molecule has 2 saturated carbocycles. The Morgan fingerprint density at radius 1 is 1.08 bits per heavy atom. The van der Waals surface area contributed by atoms with Gasteiger partial charge in [-0.3, -0.25) is 0 Å². The molecule has 4 rings (SSSR count). The standard InChI is InChI=1S/C18H23F2N3O/c19-11-1-4-14(16(20)9-11)15-10-17(15)22-18(24)21-12-5-7-23(8-6-12)13-2-3-13/h1,4,9,12-13,15,17H,2-3,5-8,10H2,(H2,21,22,24). The Balaban J connectivity index is 1.23. The summed E-state index contributed by atoms with van der Waals surface area (Å²) in [5.74, 6) is -1.15. The second kappa shape index (κ2) is 6.31. The fourth-order valence-electron chi connectivity index (χ4n) is 3.74. The third-order valence-electron chi connectivity index (χ3n) is 5.40. The zero-order valence-corrected chi connectivity index (χ0v) is 13.6. The van der Waals surface area contributed by atoms with Gasteiger partial charge < -0.3 is 15.5 Å². The van der Waals surface area contributed by atoms with Crippen LogP contribution in [0.2, 0.25) is 0 Å². The number of halogens is 2. The molecule has 1 aromatic carbocycles. The average Bonchev–Trinajstić information content (AvgIpc) is 3.43. The predicted octanol–water partition coefficient (Wildman–Crippen LogP) is 2.75. The number of benzene rings is 1. The fourth-order valence-corrected chi connectivity index (χ4v) is 3.74. The highest BCUT2D eigenvalue weighted by Crippen LogP contribution is 2.42. The van der Waals surface area contributed by atoms with Gasteiger partial charge in [0, 0.05) is 43.2 Å². The summed E-state index contributed by atoms with van der Waals surface area (Å²) in [6.45, 7) is 2.12. The van der Waals surface area contributed by atoms with Crippen LogP contribution in [0.15, 0.2) is 18.2 Å². The summed E-state index contributed by atoms with van der Waals surface area (Å²) < 4.78 is 26.7. The summed E-state index contributed by atoms with van der Waals surface area (Å²) in [7, 11) is 0. The van der Waals surface area contributed by atoms with Crippen molar-refractivity contribution in [2.45, 2.75) is 56.1 Å². The van der Waals surface area contributed by atoms with Crippen molar-refractivity contribution in [1.29, 1.82) is 0 Å². The molecular weight excluding hydrogens is 312 g/mol. The van der Waals surface area contributed by atoms with Gasteiger partial charge in [-0.25, -0.2) is 13.6 Å². The molecule has 4 nitrogen and oxygen atoms in total. The van der Waals surface area contributed by atoms with Crippen molar-refractivity contribution in [1.82, 2.24) is 15.5 Å². The molecule has 0 radical (unpaired) electrons. The van der Waals surface area contributed by atoms with Crippen LogP contribution in [0.5, 0.6) is 0 Å². The van der Waals surface area contributed by atoms with E-state index in [-0.39, 0.29) is 24.0 Å². The van der Waals surface area contributed by atoms with E-state index in [1.807, 2.05) is 0 Å². The lowest BCUT2D eigenvalue weighted by Crippen LogP contribution is -2.48. The van der Waals surface area contributed by atoms with Gasteiger partial charge in [-0.15, -0.1) is 0 Å². The first-order valence-electron chi connectivity index (χ1n) is 8.86. The van der Waals surface area contributed by atoms with E-state index in [4.69, 9.17) is 0 Å². The van der Waals surface area contributed by atoms with Gasteiger partial charge in [-0.2, -0.15) is 0 Å². The van der Waals surface area contributed by atoms with Gasteiger partial charge in [0.15, 0.2) is 0 Å². The topological polar surface area (TPSA) is 44.4 Å². The van der Waals surface area contributed by atoms with E-state index in [9.17, 15) is 13.6 Å². The largest absolute Gasteiger partial charge is 0.335 e. The summed E-state index contributed by atoms with van der Waals surface area (Å²) in [6, 6.07) is 4.42. The molecule has 6 heteroatoms. The van der Waals surface area contributed by atoms with Crippen molar-refractivity contribution in [2.24, 2.45) is 0 Å². The molecular formula is C18H23F2N3O. The Labute approximate surface area is 140 Å². The maximum Gasteiger partial charge on any atom is 0.315 e. The highest BCUT2D eigenvalue weighted by atomic mass is 19.1. The van der Waals surface area contributed by atoms with Crippen LogP contribution >= 0.6 is 0 Å². The van der Waals surface area contributed by atoms with Gasteiger partial charge >= 0.3 is 6.03 Å². The Kier molecular flexibility index (Phi) is 4.16. The van der Waals surface area contributed by atoms with E-state index in [1.165, 1.54) is 25.0 Å². The fraction of sp³-hybridized carbons (Fsp3) is 0.611. The number of nitrogens with one attached hydrogen (secondary N) is 2. The van der Waals surface area contributed by atoms with Crippen LogP contribution in [-0.4, -0.2) is 42.1 Å². The Hall–Kier alpha value is -1.69. The summed E-state index contributed by atoms with van der Waals surface area (Å²) >= 11 is 0. The van der Waals surface area contributed by atoms with Crippen molar-refractivity contribution < 1.29 is 13.6 Å². The van der Waals surface area contributed by atoms with E-state index >= 15 is 0 Å². The molecule has 0 bridgehead atoms. The number of nitrogens with zero attached hydrogens (tertiary/aromatic N) is 1. The Morgan fingerprint density at radius 2 is 1.83 bits per heavy atom. The smallest absolute Gasteiger partial charge is 0.315 e. The Bertz CT molecular complexity index is 627. The van der Waals surface area contributed by atoms with Crippen molar-refractivity contribution in [3.8, 4) is 0 Å². The maximum absolute atomic E-state index is 13.8. The molecule has 1 aromatic rings. The van der Waals surface area contributed by atoms with Crippen LogP contribution in [0.1, 0.15) is 43.6 Å². The maximum atomic E-state index is 13.8. The number of hydrogen-bond donors (Lipinski definition) is 2. The normalized spacial score (nSPS) is 27.8. The van der Waals surface area contributed by atoms with E-state index in [0.717, 1.165) is 38.0 Å². The first-order valence-corrected chi connectivity index (χ1v) is 8.86. The molecule has 0 spiro atoms. The quantitative estimate of drug-likeness (QED) is 0.889. The molecule has 2 unspecified atom stereocenters. The zero-order chi connectivity index (χ0) is 16.7. The highest BCUT2D eigenvalue weighted by molar-refractivity contribution is 5.75. The Morgan fingerprint density at radius 3 is 2.50 bits per heavy atom. The summed E-state index contributed by atoms with van der Waals surface area (Å²) in [5.41, 5.74) is 0.486. The van der Waals surface area contributed by atoms with Gasteiger partial charge in [0.2, 0.25) is 0 Å². The number of urea groups is 1. The minimum absolute atomic E-state index is 0.0481. The number of rotatable bonds is 4. The summed E-state index contributed by atoms with van der Waals surface area (Å²) in [6.07, 6.45) is 5.33. The number of carbonyl (C=O) groups excluding carboxylic acids is 1. The lowest BCUT2D eigenvalue weighted by molar-refractivity contribution is 0.186. The first-order chi connectivity index (χ1) is 11.6. The molecule has 24 heavy (non-hydrogen) atoms. The van der Waals surface area contributed by atoms with Crippen LogP contribution in [0.3, 0.4) is 0 Å². The molecule has 1 aliphatic heterocycles. The van der Waals surface area contributed by atoms with Crippen molar-refractivity contribution >= 4 is 6.03 Å². The van der Waals surface area contributed by atoms with Crippen molar-refractivity contribution in [2.75, 3.05) is 13.1 Å². The average molecular weight is 335 g/mol. The molecule has 2 amide bonds. The minimum Gasteiger partial charge on any atom is -0.335 e. The lowest BCUT2D eigenvalue weighted by Gasteiger charge is -2.32. The van der Waals surface area contributed by atoms with Gasteiger partial charge in [0.25, 0.3) is 0 Å². The van der Waals surface area contributed by atoms with Crippen LogP contribution in [0.4, 0.5) is 13.6 Å². The van der Waals surface area contributed by atoms with Crippen LogP contribution in [0, 0.1) is 11.6 Å². The summed E-state index contributed by atoms with van der Waals surface area (Å²) in [5, 5.41) is 5.95. The molecule has 2 N–H and O–H groups in total. The molecule has 1 saturated heterocycles. The number of hydrogen-bond acceptors (Lipinski definition) is 2. The predicted molar refractivity (Wildman–Crippen MR) is 86.8 cm³/mol. The van der Waals surface area contributed by atoms with Crippen LogP contribution in [-0.2, 0) is 0 Å². The number of piperidine rings is 1. The summed E-state index contributed by atoms with van der Waals surface area (Å²) in [4.78, 5) is 14.6. The van der Waals surface area contributed by atoms with Gasteiger partial charge in [-0.1, -0.05) is 6.07 Å². The second-order valence-corrected chi connectivity index (χ2v) is 7.27. The molecule has 2 atom stereocenters. The lowest BCUT2D eigenvalue weighted by atomic mass is 10.1. The minimum atomic E-state index is -0.573. The van der Waals surface area contributed by atoms with Crippen molar-refractivity contribution in [3.63, 3.8) is 0 Å². The van der Waals surface area contributed by atoms with Crippen molar-refractivity contribution in [3.05, 3.63) is 35.4 Å².